The minimum atomic E-state index is 0.184. The lowest BCUT2D eigenvalue weighted by Crippen LogP contribution is -2.60. The van der Waals surface area contributed by atoms with E-state index in [9.17, 15) is 4.79 Å². The molecule has 3 aliphatic heterocycles. The van der Waals surface area contributed by atoms with Gasteiger partial charge in [0.2, 0.25) is 5.91 Å². The monoisotopic (exact) mass is 422 g/mol. The number of benzene rings is 1. The number of piperidine rings is 3. The standard InChI is InChI=1S/C27H38N2O2/c1-19(2)31-24-11-8-20(9-12-24)10-13-26(30)29-15-5-6-21-16-22-17-23(27(21)29)18-28-14-4-3-7-25(22)28/h8-9,11-12,16,19,22-23,25,27H,3-7,10,13-15,17-18H2,1-2H3/t22-,23-,25+,27+/m0/s1. The average Bonchev–Trinajstić information content (AvgIpc) is 2.78. The molecular formula is C27H38N2O2. The SMILES string of the molecule is CC(C)Oc1ccc(CCC(=O)N2CCCC3=C[C@H]4C[C@@H](CN5CCCC[C@H]45)[C@@H]32)cc1. The molecule has 3 fully saturated rings. The topological polar surface area (TPSA) is 32.8 Å². The Labute approximate surface area is 187 Å². The maximum absolute atomic E-state index is 13.3. The molecule has 5 rings (SSSR count). The van der Waals surface area contributed by atoms with E-state index < -0.39 is 0 Å². The quantitative estimate of drug-likeness (QED) is 0.637. The van der Waals surface area contributed by atoms with Crippen molar-refractivity contribution in [2.24, 2.45) is 11.8 Å². The molecule has 4 atom stereocenters. The molecule has 0 saturated carbocycles. The van der Waals surface area contributed by atoms with Crippen LogP contribution in [0.5, 0.6) is 5.75 Å². The molecule has 168 valence electrons. The third-order valence-electron chi connectivity index (χ3n) is 7.90. The summed E-state index contributed by atoms with van der Waals surface area (Å²) in [6, 6.07) is 9.40. The van der Waals surface area contributed by atoms with Crippen molar-refractivity contribution in [3.8, 4) is 5.75 Å². The van der Waals surface area contributed by atoms with Gasteiger partial charge in [-0.15, -0.1) is 0 Å². The lowest BCUT2D eigenvalue weighted by molar-refractivity contribution is -0.136. The number of rotatable bonds is 5. The molecule has 2 bridgehead atoms. The van der Waals surface area contributed by atoms with Crippen molar-refractivity contribution >= 4 is 5.91 Å². The maximum Gasteiger partial charge on any atom is 0.223 e. The van der Waals surface area contributed by atoms with Gasteiger partial charge >= 0.3 is 0 Å². The lowest BCUT2D eigenvalue weighted by Gasteiger charge is -2.54. The zero-order chi connectivity index (χ0) is 21.4. The lowest BCUT2D eigenvalue weighted by atomic mass is 9.68. The van der Waals surface area contributed by atoms with Crippen LogP contribution in [-0.4, -0.2) is 53.5 Å². The highest BCUT2D eigenvalue weighted by Crippen LogP contribution is 2.45. The summed E-state index contributed by atoms with van der Waals surface area (Å²) in [4.78, 5) is 18.4. The number of amides is 1. The molecule has 0 N–H and O–H groups in total. The first-order valence-electron chi connectivity index (χ1n) is 12.6. The summed E-state index contributed by atoms with van der Waals surface area (Å²) < 4.78 is 5.74. The molecule has 4 heteroatoms. The van der Waals surface area contributed by atoms with Crippen LogP contribution in [0.3, 0.4) is 0 Å². The van der Waals surface area contributed by atoms with Gasteiger partial charge in [-0.2, -0.15) is 0 Å². The van der Waals surface area contributed by atoms with E-state index >= 15 is 0 Å². The summed E-state index contributed by atoms with van der Waals surface area (Å²) in [6.07, 6.45) is 11.9. The van der Waals surface area contributed by atoms with Crippen LogP contribution in [0.1, 0.15) is 64.4 Å². The van der Waals surface area contributed by atoms with Gasteiger partial charge in [0.1, 0.15) is 5.75 Å². The fourth-order valence-electron chi connectivity index (χ4n) is 6.65. The summed E-state index contributed by atoms with van der Waals surface area (Å²) in [5.74, 6) is 2.61. The highest BCUT2D eigenvalue weighted by molar-refractivity contribution is 5.77. The van der Waals surface area contributed by atoms with E-state index in [0.29, 0.717) is 24.3 Å². The Balaban J connectivity index is 1.25. The Kier molecular flexibility index (Phi) is 6.10. The van der Waals surface area contributed by atoms with Gasteiger partial charge in [0.05, 0.1) is 12.1 Å². The molecule has 0 spiro atoms. The Morgan fingerprint density at radius 1 is 1.13 bits per heavy atom. The van der Waals surface area contributed by atoms with Gasteiger partial charge in [-0.1, -0.05) is 30.2 Å². The highest BCUT2D eigenvalue weighted by Gasteiger charge is 2.46. The Morgan fingerprint density at radius 2 is 1.97 bits per heavy atom. The molecule has 31 heavy (non-hydrogen) atoms. The van der Waals surface area contributed by atoms with Crippen LogP contribution in [-0.2, 0) is 11.2 Å². The van der Waals surface area contributed by atoms with Gasteiger partial charge in [-0.25, -0.2) is 0 Å². The van der Waals surface area contributed by atoms with E-state index in [1.54, 1.807) is 5.57 Å². The average molecular weight is 423 g/mol. The number of likely N-dealkylation sites (tertiary alicyclic amines) is 1. The van der Waals surface area contributed by atoms with Crippen LogP contribution in [0, 0.1) is 11.8 Å². The number of nitrogens with zero attached hydrogens (tertiary/aromatic N) is 2. The van der Waals surface area contributed by atoms with Crippen molar-refractivity contribution in [1.82, 2.24) is 9.80 Å². The normalized spacial score (nSPS) is 30.4. The number of carbonyl (C=O) groups excluding carboxylic acids is 1. The first kappa shape index (κ1) is 21.1. The summed E-state index contributed by atoms with van der Waals surface area (Å²) >= 11 is 0. The van der Waals surface area contributed by atoms with Gasteiger partial charge in [0.15, 0.2) is 0 Å². The molecule has 1 aliphatic carbocycles. The Bertz CT molecular complexity index is 815. The van der Waals surface area contributed by atoms with Gasteiger partial charge in [0.25, 0.3) is 0 Å². The van der Waals surface area contributed by atoms with Crippen LogP contribution < -0.4 is 4.74 Å². The fourth-order valence-corrected chi connectivity index (χ4v) is 6.65. The minimum Gasteiger partial charge on any atom is -0.491 e. The molecule has 3 heterocycles. The Hall–Kier alpha value is -1.81. The van der Waals surface area contributed by atoms with Gasteiger partial charge in [-0.3, -0.25) is 9.69 Å². The zero-order valence-electron chi connectivity index (χ0n) is 19.3. The molecule has 0 radical (unpaired) electrons. The van der Waals surface area contributed by atoms with Crippen molar-refractivity contribution in [2.75, 3.05) is 19.6 Å². The predicted octanol–water partition coefficient (Wildman–Crippen LogP) is 4.83. The number of ether oxygens (including phenoxy) is 1. The van der Waals surface area contributed by atoms with E-state index in [1.165, 1.54) is 50.8 Å². The summed E-state index contributed by atoms with van der Waals surface area (Å²) in [5, 5.41) is 0. The smallest absolute Gasteiger partial charge is 0.223 e. The van der Waals surface area contributed by atoms with E-state index in [1.807, 2.05) is 26.0 Å². The van der Waals surface area contributed by atoms with E-state index in [0.717, 1.165) is 37.1 Å². The summed E-state index contributed by atoms with van der Waals surface area (Å²) in [7, 11) is 0. The highest BCUT2D eigenvalue weighted by atomic mass is 16.5. The second kappa shape index (κ2) is 8.97. The van der Waals surface area contributed by atoms with Crippen molar-refractivity contribution in [1.29, 1.82) is 0 Å². The molecule has 1 aromatic carbocycles. The van der Waals surface area contributed by atoms with Crippen LogP contribution in [0.2, 0.25) is 0 Å². The van der Waals surface area contributed by atoms with Gasteiger partial charge < -0.3 is 9.64 Å². The number of fused-ring (bicyclic) bond motifs is 6. The second-order valence-electron chi connectivity index (χ2n) is 10.4. The van der Waals surface area contributed by atoms with Crippen molar-refractivity contribution in [3.63, 3.8) is 0 Å². The fraction of sp³-hybridized carbons (Fsp3) is 0.667. The predicted molar refractivity (Wildman–Crippen MR) is 124 cm³/mol. The van der Waals surface area contributed by atoms with Crippen LogP contribution in [0.4, 0.5) is 0 Å². The van der Waals surface area contributed by atoms with Crippen molar-refractivity contribution in [2.45, 2.75) is 83.4 Å². The third-order valence-corrected chi connectivity index (χ3v) is 7.90. The number of aryl methyl sites for hydroxylation is 1. The summed E-state index contributed by atoms with van der Waals surface area (Å²) in [5.41, 5.74) is 2.80. The first-order chi connectivity index (χ1) is 15.1. The molecule has 3 saturated heterocycles. The third kappa shape index (κ3) is 4.41. The van der Waals surface area contributed by atoms with Gasteiger partial charge in [-0.05, 0) is 88.4 Å². The molecule has 0 unspecified atom stereocenters. The van der Waals surface area contributed by atoms with E-state index in [-0.39, 0.29) is 6.10 Å². The van der Waals surface area contributed by atoms with E-state index in [2.05, 4.69) is 28.0 Å². The maximum atomic E-state index is 13.3. The number of hydrogen-bond donors (Lipinski definition) is 0. The van der Waals surface area contributed by atoms with Crippen molar-refractivity contribution in [3.05, 3.63) is 41.5 Å². The van der Waals surface area contributed by atoms with Crippen LogP contribution >= 0.6 is 0 Å². The first-order valence-corrected chi connectivity index (χ1v) is 12.6. The largest absolute Gasteiger partial charge is 0.491 e. The minimum absolute atomic E-state index is 0.184. The zero-order valence-corrected chi connectivity index (χ0v) is 19.3. The molecule has 4 nitrogen and oxygen atoms in total. The van der Waals surface area contributed by atoms with Crippen LogP contribution in [0.25, 0.3) is 0 Å². The van der Waals surface area contributed by atoms with E-state index in [4.69, 9.17) is 4.74 Å². The van der Waals surface area contributed by atoms with Gasteiger partial charge in [0, 0.05) is 25.6 Å². The molecular weight excluding hydrogens is 384 g/mol. The molecule has 1 amide bonds. The molecule has 4 aliphatic rings. The molecule has 0 aromatic heterocycles. The van der Waals surface area contributed by atoms with Crippen molar-refractivity contribution < 1.29 is 9.53 Å². The number of hydrogen-bond acceptors (Lipinski definition) is 3. The number of carbonyl (C=O) groups is 1. The second-order valence-corrected chi connectivity index (χ2v) is 10.4. The Morgan fingerprint density at radius 3 is 2.77 bits per heavy atom. The summed E-state index contributed by atoms with van der Waals surface area (Å²) in [6.45, 7) is 7.48. The van der Waals surface area contributed by atoms with Crippen LogP contribution in [0.15, 0.2) is 35.9 Å². The molecule has 1 aromatic rings.